The van der Waals surface area contributed by atoms with Crippen LogP contribution in [-0.4, -0.2) is 36.4 Å². The van der Waals surface area contributed by atoms with Crippen molar-refractivity contribution in [1.29, 1.82) is 0 Å². The van der Waals surface area contributed by atoms with Gasteiger partial charge in [-0.25, -0.2) is 8.42 Å². The summed E-state index contributed by atoms with van der Waals surface area (Å²) in [5.41, 5.74) is 0.931. The minimum Gasteiger partial charge on any atom is -0.480 e. The van der Waals surface area contributed by atoms with Crippen molar-refractivity contribution in [3.8, 4) is 0 Å². The molecule has 0 amide bonds. The fraction of sp³-hybridized carbons (Fsp3) is 0.308. The average molecular weight is 283 g/mol. The Morgan fingerprint density at radius 2 is 1.95 bits per heavy atom. The van der Waals surface area contributed by atoms with Crippen molar-refractivity contribution >= 4 is 16.0 Å². The summed E-state index contributed by atoms with van der Waals surface area (Å²) < 4.78 is 25.7. The Labute approximate surface area is 113 Å². The number of rotatable bonds is 6. The van der Waals surface area contributed by atoms with E-state index in [0.717, 1.165) is 9.87 Å². The molecule has 6 heteroatoms. The molecule has 1 aromatic rings. The Kier molecular flexibility index (Phi) is 4.85. The maximum Gasteiger partial charge on any atom is 0.321 e. The molecule has 0 aliphatic carbocycles. The zero-order valence-corrected chi connectivity index (χ0v) is 11.7. The normalized spacial score (nSPS) is 13.2. The van der Waals surface area contributed by atoms with Crippen LogP contribution in [0.4, 0.5) is 0 Å². The predicted molar refractivity (Wildman–Crippen MR) is 72.4 cm³/mol. The molecule has 0 heterocycles. The van der Waals surface area contributed by atoms with Crippen molar-refractivity contribution in [3.63, 3.8) is 0 Å². The summed E-state index contributed by atoms with van der Waals surface area (Å²) in [5.74, 6) is -1.20. The van der Waals surface area contributed by atoms with E-state index in [1.165, 1.54) is 25.1 Å². The van der Waals surface area contributed by atoms with Gasteiger partial charge in [0.2, 0.25) is 10.0 Å². The van der Waals surface area contributed by atoms with Gasteiger partial charge in [-0.05, 0) is 26.0 Å². The molecule has 0 saturated heterocycles. The Bertz CT molecular complexity index is 563. The first kappa shape index (κ1) is 15.4. The van der Waals surface area contributed by atoms with Crippen LogP contribution in [0.1, 0.15) is 12.5 Å². The smallest absolute Gasteiger partial charge is 0.321 e. The number of carbonyl (C=O) groups is 1. The van der Waals surface area contributed by atoms with E-state index in [9.17, 15) is 13.2 Å². The third-order valence-corrected chi connectivity index (χ3v) is 4.68. The number of nitrogens with zero attached hydrogens (tertiary/aromatic N) is 1. The van der Waals surface area contributed by atoms with E-state index in [1.54, 1.807) is 12.1 Å². The van der Waals surface area contributed by atoms with Crippen LogP contribution in [0.2, 0.25) is 0 Å². The summed E-state index contributed by atoms with van der Waals surface area (Å²) in [7, 11) is -3.84. The Morgan fingerprint density at radius 1 is 1.42 bits per heavy atom. The fourth-order valence-corrected chi connectivity index (χ4v) is 3.12. The molecule has 0 aliphatic heterocycles. The van der Waals surface area contributed by atoms with Gasteiger partial charge in [-0.2, -0.15) is 4.31 Å². The van der Waals surface area contributed by atoms with Crippen molar-refractivity contribution in [3.05, 3.63) is 42.5 Å². The minimum atomic E-state index is -3.84. The van der Waals surface area contributed by atoms with Gasteiger partial charge in [0.1, 0.15) is 6.04 Å². The number of sulfonamides is 1. The number of hydrogen-bond acceptors (Lipinski definition) is 3. The number of aliphatic carboxylic acids is 1. The molecular formula is C13H17NO4S. The highest BCUT2D eigenvalue weighted by atomic mass is 32.2. The molecule has 0 radical (unpaired) electrons. The molecule has 0 fully saturated rings. The van der Waals surface area contributed by atoms with Crippen molar-refractivity contribution < 1.29 is 18.3 Å². The number of carboxylic acid groups (broad SMARTS) is 1. The van der Waals surface area contributed by atoms with Crippen LogP contribution in [0, 0.1) is 6.92 Å². The number of aryl methyl sites for hydroxylation is 1. The Morgan fingerprint density at radius 3 is 2.37 bits per heavy atom. The maximum absolute atomic E-state index is 12.4. The van der Waals surface area contributed by atoms with Crippen LogP contribution >= 0.6 is 0 Å². The van der Waals surface area contributed by atoms with Gasteiger partial charge >= 0.3 is 5.97 Å². The first-order valence-electron chi connectivity index (χ1n) is 5.73. The van der Waals surface area contributed by atoms with E-state index in [1.807, 2.05) is 6.92 Å². The lowest BCUT2D eigenvalue weighted by atomic mass is 10.2. The van der Waals surface area contributed by atoms with Crippen LogP contribution in [-0.2, 0) is 14.8 Å². The third kappa shape index (κ3) is 3.42. The minimum absolute atomic E-state index is 0.0519. The molecule has 0 aromatic heterocycles. The molecule has 5 nitrogen and oxygen atoms in total. The predicted octanol–water partition coefficient (Wildman–Crippen LogP) is 1.64. The molecular weight excluding hydrogens is 266 g/mol. The third-order valence-electron chi connectivity index (χ3n) is 2.73. The second-order valence-corrected chi connectivity index (χ2v) is 6.08. The van der Waals surface area contributed by atoms with E-state index in [2.05, 4.69) is 6.58 Å². The number of benzene rings is 1. The first-order chi connectivity index (χ1) is 8.80. The lowest BCUT2D eigenvalue weighted by Gasteiger charge is -2.24. The average Bonchev–Trinajstić information content (AvgIpc) is 2.35. The molecule has 0 bridgehead atoms. The number of carboxylic acids is 1. The zero-order valence-electron chi connectivity index (χ0n) is 10.9. The van der Waals surface area contributed by atoms with Gasteiger partial charge in [-0.1, -0.05) is 23.8 Å². The van der Waals surface area contributed by atoms with Gasteiger partial charge in [0.25, 0.3) is 0 Å². The molecule has 0 spiro atoms. The fourth-order valence-electron chi connectivity index (χ4n) is 1.56. The topological polar surface area (TPSA) is 74.7 Å². The molecule has 1 N–H and O–H groups in total. The van der Waals surface area contributed by atoms with Crippen LogP contribution in [0.5, 0.6) is 0 Å². The Hall–Kier alpha value is -1.66. The SMILES string of the molecule is C=CCN(C(C)C(=O)O)S(=O)(=O)c1ccc(C)cc1. The summed E-state index contributed by atoms with van der Waals surface area (Å²) in [6.07, 6.45) is 1.37. The molecule has 0 aliphatic rings. The second-order valence-electron chi connectivity index (χ2n) is 4.19. The molecule has 104 valence electrons. The molecule has 1 unspecified atom stereocenters. The van der Waals surface area contributed by atoms with Crippen LogP contribution in [0.25, 0.3) is 0 Å². The van der Waals surface area contributed by atoms with Crippen LogP contribution in [0.3, 0.4) is 0 Å². The highest BCUT2D eigenvalue weighted by Gasteiger charge is 2.31. The highest BCUT2D eigenvalue weighted by molar-refractivity contribution is 7.89. The van der Waals surface area contributed by atoms with Gasteiger partial charge in [0.05, 0.1) is 4.90 Å². The van der Waals surface area contributed by atoms with Crippen LogP contribution in [0.15, 0.2) is 41.8 Å². The zero-order chi connectivity index (χ0) is 14.6. The van der Waals surface area contributed by atoms with E-state index in [4.69, 9.17) is 5.11 Å². The van der Waals surface area contributed by atoms with Gasteiger partial charge in [0.15, 0.2) is 0 Å². The summed E-state index contributed by atoms with van der Waals surface area (Å²) in [4.78, 5) is 11.1. The van der Waals surface area contributed by atoms with Gasteiger partial charge in [-0.15, -0.1) is 6.58 Å². The highest BCUT2D eigenvalue weighted by Crippen LogP contribution is 2.19. The molecule has 19 heavy (non-hydrogen) atoms. The molecule has 1 aromatic carbocycles. The molecule has 1 rings (SSSR count). The van der Waals surface area contributed by atoms with E-state index in [-0.39, 0.29) is 11.4 Å². The van der Waals surface area contributed by atoms with Gasteiger partial charge < -0.3 is 5.11 Å². The Balaban J connectivity index is 3.23. The second kappa shape index (κ2) is 5.99. The first-order valence-corrected chi connectivity index (χ1v) is 7.17. The standard InChI is InChI=1S/C13H17NO4S/c1-4-9-14(11(3)13(15)16)19(17,18)12-7-5-10(2)6-8-12/h4-8,11H,1,9H2,2-3H3,(H,15,16). The van der Waals surface area contributed by atoms with Crippen molar-refractivity contribution in [2.24, 2.45) is 0 Å². The lowest BCUT2D eigenvalue weighted by molar-refractivity contribution is -0.140. The summed E-state index contributed by atoms with van der Waals surface area (Å²) in [6, 6.07) is 5.13. The van der Waals surface area contributed by atoms with Crippen molar-refractivity contribution in [2.75, 3.05) is 6.54 Å². The summed E-state index contributed by atoms with van der Waals surface area (Å²) >= 11 is 0. The molecule has 1 atom stereocenters. The lowest BCUT2D eigenvalue weighted by Crippen LogP contribution is -2.43. The van der Waals surface area contributed by atoms with E-state index in [0.29, 0.717) is 0 Å². The van der Waals surface area contributed by atoms with Crippen molar-refractivity contribution in [1.82, 2.24) is 4.31 Å². The largest absolute Gasteiger partial charge is 0.480 e. The number of hydrogen-bond donors (Lipinski definition) is 1. The van der Waals surface area contributed by atoms with E-state index >= 15 is 0 Å². The maximum atomic E-state index is 12.4. The van der Waals surface area contributed by atoms with E-state index < -0.39 is 22.0 Å². The van der Waals surface area contributed by atoms with Crippen LogP contribution < -0.4 is 0 Å². The monoisotopic (exact) mass is 283 g/mol. The summed E-state index contributed by atoms with van der Waals surface area (Å²) in [6.45, 7) is 6.59. The quantitative estimate of drug-likeness (QED) is 0.805. The van der Waals surface area contributed by atoms with Gasteiger partial charge in [-0.3, -0.25) is 4.79 Å². The van der Waals surface area contributed by atoms with Gasteiger partial charge in [0, 0.05) is 6.54 Å². The summed E-state index contributed by atoms with van der Waals surface area (Å²) in [5, 5.41) is 8.99. The van der Waals surface area contributed by atoms with Crippen molar-refractivity contribution in [2.45, 2.75) is 24.8 Å². The molecule has 0 saturated carbocycles.